The van der Waals surface area contributed by atoms with Crippen molar-refractivity contribution in [3.63, 3.8) is 0 Å². The fourth-order valence-electron chi connectivity index (χ4n) is 1.74. The molecule has 1 rings (SSSR count). The van der Waals surface area contributed by atoms with Crippen molar-refractivity contribution in [2.24, 2.45) is 0 Å². The maximum atomic E-state index is 10.6. The van der Waals surface area contributed by atoms with Gasteiger partial charge in [-0.25, -0.2) is 0 Å². The van der Waals surface area contributed by atoms with E-state index in [1.54, 1.807) is 20.3 Å². The third-order valence-corrected chi connectivity index (χ3v) is 2.68. The Labute approximate surface area is 106 Å². The Morgan fingerprint density at radius 3 is 2.39 bits per heavy atom. The molecule has 0 aliphatic rings. The molecular formula is C12H18N2O4. The van der Waals surface area contributed by atoms with E-state index >= 15 is 0 Å². The zero-order valence-electron chi connectivity index (χ0n) is 11.0. The van der Waals surface area contributed by atoms with Gasteiger partial charge in [-0.05, 0) is 25.5 Å². The average molecular weight is 254 g/mol. The first-order chi connectivity index (χ1) is 8.49. The van der Waals surface area contributed by atoms with Crippen LogP contribution in [0.1, 0.15) is 12.5 Å². The second-order valence-corrected chi connectivity index (χ2v) is 4.03. The van der Waals surface area contributed by atoms with Crippen LogP contribution in [-0.4, -0.2) is 31.5 Å². The summed E-state index contributed by atoms with van der Waals surface area (Å²) in [6, 6.07) is 4.62. The molecule has 18 heavy (non-hydrogen) atoms. The molecule has 0 bridgehead atoms. The summed E-state index contributed by atoms with van der Waals surface area (Å²) in [6.45, 7) is 3.73. The number of nitro benzene ring substituents is 1. The molecule has 0 saturated carbocycles. The maximum absolute atomic E-state index is 10.6. The van der Waals surface area contributed by atoms with Gasteiger partial charge >= 0.3 is 0 Å². The van der Waals surface area contributed by atoms with Crippen molar-refractivity contribution in [1.82, 2.24) is 0 Å². The van der Waals surface area contributed by atoms with Gasteiger partial charge in [0.1, 0.15) is 0 Å². The average Bonchev–Trinajstić information content (AvgIpc) is 2.33. The van der Waals surface area contributed by atoms with Gasteiger partial charge in [0.25, 0.3) is 5.69 Å². The largest absolute Gasteiger partial charge is 0.377 e. The van der Waals surface area contributed by atoms with Crippen LogP contribution in [0.25, 0.3) is 0 Å². The van der Waals surface area contributed by atoms with Crippen molar-refractivity contribution in [3.05, 3.63) is 33.9 Å². The zero-order chi connectivity index (χ0) is 13.7. The molecule has 1 aromatic carbocycles. The first kappa shape index (κ1) is 14.4. The summed E-state index contributed by atoms with van der Waals surface area (Å²) in [7, 11) is 3.13. The maximum Gasteiger partial charge on any atom is 0.269 e. The summed E-state index contributed by atoms with van der Waals surface area (Å²) in [5.74, 6) is 0. The molecule has 0 fully saturated rings. The Morgan fingerprint density at radius 2 is 1.94 bits per heavy atom. The molecule has 0 aromatic heterocycles. The number of benzene rings is 1. The van der Waals surface area contributed by atoms with E-state index in [1.807, 2.05) is 13.8 Å². The minimum atomic E-state index is -0.409. The summed E-state index contributed by atoms with van der Waals surface area (Å²) in [5.41, 5.74) is 1.72. The van der Waals surface area contributed by atoms with Crippen LogP contribution in [0.2, 0.25) is 0 Å². The van der Waals surface area contributed by atoms with Crippen LogP contribution >= 0.6 is 0 Å². The first-order valence-corrected chi connectivity index (χ1v) is 5.56. The van der Waals surface area contributed by atoms with Gasteiger partial charge in [-0.2, -0.15) is 0 Å². The minimum Gasteiger partial charge on any atom is -0.377 e. The highest BCUT2D eigenvalue weighted by Gasteiger charge is 2.17. The number of anilines is 1. The quantitative estimate of drug-likeness (QED) is 0.479. The van der Waals surface area contributed by atoms with Crippen molar-refractivity contribution in [2.75, 3.05) is 19.5 Å². The number of nitro groups is 1. The fraction of sp³-hybridized carbons (Fsp3) is 0.500. The molecule has 100 valence electrons. The van der Waals surface area contributed by atoms with E-state index in [0.717, 1.165) is 11.3 Å². The van der Waals surface area contributed by atoms with E-state index in [1.165, 1.54) is 12.1 Å². The number of hydrogen-bond acceptors (Lipinski definition) is 5. The van der Waals surface area contributed by atoms with Crippen LogP contribution in [0.4, 0.5) is 11.4 Å². The highest BCUT2D eigenvalue weighted by molar-refractivity contribution is 5.55. The molecule has 0 heterocycles. The molecule has 0 saturated heterocycles. The lowest BCUT2D eigenvalue weighted by molar-refractivity contribution is -0.384. The number of nitrogens with zero attached hydrogens (tertiary/aromatic N) is 1. The van der Waals surface area contributed by atoms with Gasteiger partial charge in [-0.3, -0.25) is 10.1 Å². The molecular weight excluding hydrogens is 236 g/mol. The molecule has 1 N–H and O–H groups in total. The van der Waals surface area contributed by atoms with Crippen LogP contribution in [0.15, 0.2) is 18.2 Å². The second kappa shape index (κ2) is 6.32. The Balaban J connectivity index is 2.82. The number of ether oxygens (including phenoxy) is 2. The van der Waals surface area contributed by atoms with Crippen molar-refractivity contribution < 1.29 is 14.4 Å². The van der Waals surface area contributed by atoms with Gasteiger partial charge in [0, 0.05) is 32.0 Å². The molecule has 1 unspecified atom stereocenters. The number of non-ortho nitro benzene ring substituents is 1. The molecule has 0 amide bonds. The smallest absolute Gasteiger partial charge is 0.269 e. The summed E-state index contributed by atoms with van der Waals surface area (Å²) < 4.78 is 10.3. The van der Waals surface area contributed by atoms with Gasteiger partial charge in [-0.15, -0.1) is 0 Å². The molecule has 6 nitrogen and oxygen atoms in total. The predicted molar refractivity (Wildman–Crippen MR) is 68.7 cm³/mol. The summed E-state index contributed by atoms with van der Waals surface area (Å²) in [4.78, 5) is 10.2. The van der Waals surface area contributed by atoms with Crippen LogP contribution in [0, 0.1) is 17.0 Å². The lowest BCUT2D eigenvalue weighted by Gasteiger charge is -2.23. The Hall–Kier alpha value is -1.66. The monoisotopic (exact) mass is 254 g/mol. The van der Waals surface area contributed by atoms with Gasteiger partial charge in [-0.1, -0.05) is 0 Å². The molecule has 1 aromatic rings. The number of hydrogen-bond donors (Lipinski definition) is 1. The SMILES string of the molecule is COC(OC)C(C)Nc1ccc([N+](=O)[O-])cc1C. The van der Waals surface area contributed by atoms with Gasteiger partial charge in [0.15, 0.2) is 6.29 Å². The summed E-state index contributed by atoms with van der Waals surface area (Å²) >= 11 is 0. The van der Waals surface area contributed by atoms with Crippen molar-refractivity contribution >= 4 is 11.4 Å². The Bertz CT molecular complexity index is 419. The summed E-state index contributed by atoms with van der Waals surface area (Å²) in [6.07, 6.45) is -0.375. The van der Waals surface area contributed by atoms with E-state index in [9.17, 15) is 10.1 Å². The normalized spacial score (nSPS) is 12.5. The highest BCUT2D eigenvalue weighted by Crippen LogP contribution is 2.22. The third kappa shape index (κ3) is 3.41. The molecule has 1 atom stereocenters. The Kier molecular flexibility index (Phi) is 5.06. The zero-order valence-corrected chi connectivity index (χ0v) is 11.0. The third-order valence-electron chi connectivity index (χ3n) is 2.68. The second-order valence-electron chi connectivity index (χ2n) is 4.03. The predicted octanol–water partition coefficient (Wildman–Crippen LogP) is 2.32. The van der Waals surface area contributed by atoms with Gasteiger partial charge in [0.2, 0.25) is 0 Å². The van der Waals surface area contributed by atoms with Crippen LogP contribution in [0.3, 0.4) is 0 Å². The van der Waals surface area contributed by atoms with Crippen LogP contribution in [0.5, 0.6) is 0 Å². The highest BCUT2D eigenvalue weighted by atomic mass is 16.7. The van der Waals surface area contributed by atoms with Crippen molar-refractivity contribution in [3.8, 4) is 0 Å². The topological polar surface area (TPSA) is 73.6 Å². The lowest BCUT2D eigenvalue weighted by atomic mass is 10.1. The van der Waals surface area contributed by atoms with Crippen molar-refractivity contribution in [1.29, 1.82) is 0 Å². The van der Waals surface area contributed by atoms with E-state index in [-0.39, 0.29) is 18.0 Å². The lowest BCUT2D eigenvalue weighted by Crippen LogP contribution is -2.33. The molecule has 6 heteroatoms. The first-order valence-electron chi connectivity index (χ1n) is 5.56. The van der Waals surface area contributed by atoms with Crippen LogP contribution in [-0.2, 0) is 9.47 Å². The van der Waals surface area contributed by atoms with Gasteiger partial charge in [0.05, 0.1) is 11.0 Å². The molecule has 0 spiro atoms. The Morgan fingerprint density at radius 1 is 1.33 bits per heavy atom. The number of methoxy groups -OCH3 is 2. The number of aryl methyl sites for hydroxylation is 1. The van der Waals surface area contributed by atoms with Crippen LogP contribution < -0.4 is 5.32 Å². The fourth-order valence-corrected chi connectivity index (χ4v) is 1.74. The van der Waals surface area contributed by atoms with E-state index in [4.69, 9.17) is 9.47 Å². The minimum absolute atomic E-state index is 0.0693. The number of rotatable bonds is 6. The standard InChI is InChI=1S/C12H18N2O4/c1-8-7-10(14(15)16)5-6-11(8)13-9(2)12(17-3)18-4/h5-7,9,12-13H,1-4H3. The van der Waals surface area contributed by atoms with E-state index in [0.29, 0.717) is 0 Å². The van der Waals surface area contributed by atoms with E-state index in [2.05, 4.69) is 5.32 Å². The van der Waals surface area contributed by atoms with E-state index < -0.39 is 4.92 Å². The van der Waals surface area contributed by atoms with Crippen molar-refractivity contribution in [2.45, 2.75) is 26.2 Å². The molecule has 0 radical (unpaired) electrons. The molecule has 0 aliphatic carbocycles. The summed E-state index contributed by atoms with van der Waals surface area (Å²) in [5, 5.41) is 13.8. The van der Waals surface area contributed by atoms with Gasteiger partial charge < -0.3 is 14.8 Å². The number of nitrogens with one attached hydrogen (secondary N) is 1. The molecule has 0 aliphatic heterocycles.